The van der Waals surface area contributed by atoms with E-state index in [1.807, 2.05) is 50.5 Å². The highest BCUT2D eigenvalue weighted by Crippen LogP contribution is 2.25. The maximum Gasteiger partial charge on any atom is 0.253 e. The van der Waals surface area contributed by atoms with Crippen LogP contribution < -0.4 is 10.2 Å². The molecule has 0 spiro atoms. The third-order valence-corrected chi connectivity index (χ3v) is 5.78. The van der Waals surface area contributed by atoms with Crippen molar-refractivity contribution in [2.45, 2.75) is 46.6 Å². The minimum Gasteiger partial charge on any atom is -0.369 e. The third kappa shape index (κ3) is 3.84. The Bertz CT molecular complexity index is 1090. The molecule has 1 atom stereocenters. The van der Waals surface area contributed by atoms with Gasteiger partial charge in [0, 0.05) is 42.3 Å². The smallest absolute Gasteiger partial charge is 0.253 e. The molecule has 3 aromatic rings. The van der Waals surface area contributed by atoms with Crippen molar-refractivity contribution in [1.29, 1.82) is 0 Å². The summed E-state index contributed by atoms with van der Waals surface area (Å²) >= 11 is 0. The molecule has 4 rings (SSSR count). The molecular weight excluding hydrogens is 383 g/mol. The second-order valence-electron chi connectivity index (χ2n) is 8.11. The first kappa shape index (κ1) is 20.2. The molecule has 1 aromatic carbocycles. The summed E-state index contributed by atoms with van der Waals surface area (Å²) in [6, 6.07) is 8.64. The predicted octanol–water partition coefficient (Wildman–Crippen LogP) is 4.24. The number of halogens is 1. The van der Waals surface area contributed by atoms with Gasteiger partial charge in [-0.2, -0.15) is 0 Å². The predicted molar refractivity (Wildman–Crippen MR) is 114 cm³/mol. The monoisotopic (exact) mass is 410 g/mol. The lowest BCUT2D eigenvalue weighted by Crippen LogP contribution is -2.48. The number of rotatable bonds is 4. The molecule has 1 aliphatic heterocycles. The van der Waals surface area contributed by atoms with Crippen LogP contribution in [0.4, 0.5) is 10.1 Å². The van der Waals surface area contributed by atoms with Gasteiger partial charge in [-0.15, -0.1) is 0 Å². The molecule has 1 aliphatic rings. The summed E-state index contributed by atoms with van der Waals surface area (Å²) in [6.07, 6.45) is 1.89. The Morgan fingerprint density at radius 1 is 1.20 bits per heavy atom. The van der Waals surface area contributed by atoms with Crippen LogP contribution in [0.25, 0.3) is 5.82 Å². The van der Waals surface area contributed by atoms with Gasteiger partial charge in [0.1, 0.15) is 11.6 Å². The molecule has 7 heteroatoms. The lowest BCUT2D eigenvalue weighted by Gasteiger charge is -2.35. The molecule has 3 heterocycles. The van der Waals surface area contributed by atoms with Crippen LogP contribution in [0.5, 0.6) is 0 Å². The number of carbonyl (C=O) groups excluding carboxylic acids is 1. The average molecular weight is 410 g/mol. The molecule has 1 N–H and O–H groups in total. The van der Waals surface area contributed by atoms with Crippen LogP contribution in [-0.4, -0.2) is 34.8 Å². The quantitative estimate of drug-likeness (QED) is 0.699. The van der Waals surface area contributed by atoms with Crippen molar-refractivity contribution in [1.82, 2.24) is 15.0 Å². The van der Waals surface area contributed by atoms with Gasteiger partial charge in [-0.3, -0.25) is 9.36 Å². The molecule has 158 valence electrons. The first-order chi connectivity index (χ1) is 14.3. The summed E-state index contributed by atoms with van der Waals surface area (Å²) in [4.78, 5) is 15.3. The van der Waals surface area contributed by atoms with Gasteiger partial charge in [0.15, 0.2) is 5.82 Å². The second kappa shape index (κ2) is 7.97. The van der Waals surface area contributed by atoms with Gasteiger partial charge in [0.2, 0.25) is 0 Å². The molecule has 1 saturated heterocycles. The Kier molecular flexibility index (Phi) is 5.37. The fourth-order valence-electron chi connectivity index (χ4n) is 4.35. The number of amides is 1. The number of aromatic nitrogens is 2. The van der Waals surface area contributed by atoms with Crippen LogP contribution in [0.1, 0.15) is 45.9 Å². The van der Waals surface area contributed by atoms with Crippen molar-refractivity contribution >= 4 is 11.6 Å². The summed E-state index contributed by atoms with van der Waals surface area (Å²) in [5.41, 5.74) is 4.34. The Morgan fingerprint density at radius 3 is 2.70 bits per heavy atom. The van der Waals surface area contributed by atoms with Crippen LogP contribution in [0.2, 0.25) is 0 Å². The first-order valence-corrected chi connectivity index (χ1v) is 10.3. The van der Waals surface area contributed by atoms with Gasteiger partial charge < -0.3 is 14.7 Å². The molecule has 0 radical (unpaired) electrons. The van der Waals surface area contributed by atoms with E-state index in [2.05, 4.69) is 15.4 Å². The van der Waals surface area contributed by atoms with Crippen LogP contribution in [0.15, 0.2) is 34.9 Å². The highest BCUT2D eigenvalue weighted by molar-refractivity contribution is 5.96. The van der Waals surface area contributed by atoms with Crippen LogP contribution in [0, 0.1) is 33.5 Å². The first-order valence-electron chi connectivity index (χ1n) is 10.3. The minimum atomic E-state index is -0.226. The number of nitrogens with one attached hydrogen (secondary N) is 1. The SMILES string of the molecule is Cc1cc(-n2c(C)cc(C(=O)NC3CCCN(c4ccc(F)cc4C)C3)c2C)no1. The molecule has 0 aliphatic carbocycles. The molecule has 1 unspecified atom stereocenters. The van der Waals surface area contributed by atoms with E-state index in [0.717, 1.165) is 47.8 Å². The molecule has 1 fully saturated rings. The largest absolute Gasteiger partial charge is 0.369 e. The Balaban J connectivity index is 1.50. The van der Waals surface area contributed by atoms with Crippen molar-refractivity contribution in [3.63, 3.8) is 0 Å². The Hall–Kier alpha value is -3.09. The third-order valence-electron chi connectivity index (χ3n) is 5.78. The lowest BCUT2D eigenvalue weighted by atomic mass is 10.0. The Labute approximate surface area is 175 Å². The number of anilines is 1. The molecule has 0 bridgehead atoms. The van der Waals surface area contributed by atoms with Gasteiger partial charge in [-0.05, 0) is 70.4 Å². The number of piperidine rings is 1. The number of hydrogen-bond acceptors (Lipinski definition) is 4. The number of carbonyl (C=O) groups is 1. The number of benzene rings is 1. The summed E-state index contributed by atoms with van der Waals surface area (Å²) in [5, 5.41) is 7.27. The average Bonchev–Trinajstić information content (AvgIpc) is 3.24. The number of nitrogens with zero attached hydrogens (tertiary/aromatic N) is 3. The maximum atomic E-state index is 13.5. The van der Waals surface area contributed by atoms with Gasteiger partial charge in [-0.1, -0.05) is 5.16 Å². The van der Waals surface area contributed by atoms with E-state index in [1.165, 1.54) is 6.07 Å². The fraction of sp³-hybridized carbons (Fsp3) is 0.391. The van der Waals surface area contributed by atoms with E-state index in [9.17, 15) is 9.18 Å². The van der Waals surface area contributed by atoms with Crippen LogP contribution in [-0.2, 0) is 0 Å². The number of aryl methyl sites for hydroxylation is 3. The maximum absolute atomic E-state index is 13.5. The van der Waals surface area contributed by atoms with E-state index in [4.69, 9.17) is 4.52 Å². The van der Waals surface area contributed by atoms with Gasteiger partial charge >= 0.3 is 0 Å². The minimum absolute atomic E-state index is 0.0352. The molecular formula is C23H27FN4O2. The van der Waals surface area contributed by atoms with Crippen molar-refractivity contribution in [2.24, 2.45) is 0 Å². The van der Waals surface area contributed by atoms with E-state index in [1.54, 1.807) is 6.07 Å². The fourth-order valence-corrected chi connectivity index (χ4v) is 4.35. The van der Waals surface area contributed by atoms with Crippen molar-refractivity contribution in [3.05, 3.63) is 64.4 Å². The van der Waals surface area contributed by atoms with Gasteiger partial charge in [0.25, 0.3) is 5.91 Å². The van der Waals surface area contributed by atoms with Crippen LogP contribution in [0.3, 0.4) is 0 Å². The van der Waals surface area contributed by atoms with E-state index < -0.39 is 0 Å². The van der Waals surface area contributed by atoms with Crippen molar-refractivity contribution in [3.8, 4) is 5.82 Å². The topological polar surface area (TPSA) is 63.3 Å². The van der Waals surface area contributed by atoms with E-state index in [-0.39, 0.29) is 17.8 Å². The zero-order valence-electron chi connectivity index (χ0n) is 17.8. The normalized spacial score (nSPS) is 16.7. The summed E-state index contributed by atoms with van der Waals surface area (Å²) in [7, 11) is 0. The standard InChI is InChI=1S/C23H27FN4O2/c1-14-10-18(24)7-8-21(14)27-9-5-6-19(13-27)25-23(29)20-11-15(2)28(17(20)4)22-12-16(3)30-26-22/h7-8,10-12,19H,5-6,9,13H2,1-4H3,(H,25,29). The molecule has 2 aromatic heterocycles. The number of hydrogen-bond donors (Lipinski definition) is 1. The van der Waals surface area contributed by atoms with E-state index >= 15 is 0 Å². The Morgan fingerprint density at radius 2 is 2.00 bits per heavy atom. The summed E-state index contributed by atoms with van der Waals surface area (Å²) in [5.74, 6) is 1.09. The summed E-state index contributed by atoms with van der Waals surface area (Å²) in [6.45, 7) is 9.24. The highest BCUT2D eigenvalue weighted by Gasteiger charge is 2.25. The van der Waals surface area contributed by atoms with Crippen LogP contribution >= 0.6 is 0 Å². The van der Waals surface area contributed by atoms with Gasteiger partial charge in [0.05, 0.1) is 5.56 Å². The molecule has 6 nitrogen and oxygen atoms in total. The molecule has 30 heavy (non-hydrogen) atoms. The molecule has 0 saturated carbocycles. The highest BCUT2D eigenvalue weighted by atomic mass is 19.1. The van der Waals surface area contributed by atoms with E-state index in [0.29, 0.717) is 17.9 Å². The lowest BCUT2D eigenvalue weighted by molar-refractivity contribution is 0.0932. The van der Waals surface area contributed by atoms with Crippen molar-refractivity contribution < 1.29 is 13.7 Å². The zero-order valence-corrected chi connectivity index (χ0v) is 17.8. The zero-order chi connectivity index (χ0) is 21.4. The summed E-state index contributed by atoms with van der Waals surface area (Å²) < 4.78 is 20.6. The van der Waals surface area contributed by atoms with Crippen molar-refractivity contribution in [2.75, 3.05) is 18.0 Å². The molecule has 1 amide bonds. The second-order valence-corrected chi connectivity index (χ2v) is 8.11. The van der Waals surface area contributed by atoms with Gasteiger partial charge in [-0.25, -0.2) is 4.39 Å².